The van der Waals surface area contributed by atoms with Gasteiger partial charge in [0.05, 0.1) is 6.61 Å². The van der Waals surface area contributed by atoms with Crippen LogP contribution in [0.4, 0.5) is 0 Å². The number of hydrogen-bond acceptors (Lipinski definition) is 3. The molecule has 3 nitrogen and oxygen atoms in total. The van der Waals surface area contributed by atoms with E-state index in [1.807, 2.05) is 0 Å². The minimum absolute atomic E-state index is 0.281. The maximum absolute atomic E-state index is 5.77. The van der Waals surface area contributed by atoms with E-state index in [0.29, 0.717) is 5.92 Å². The molecule has 110 valence electrons. The second-order valence-electron chi connectivity index (χ2n) is 6.45. The third-order valence-electron chi connectivity index (χ3n) is 4.89. The molecule has 2 unspecified atom stereocenters. The average Bonchev–Trinajstić information content (AvgIpc) is 2.48. The molecule has 3 heteroatoms. The fourth-order valence-corrected chi connectivity index (χ4v) is 3.45. The van der Waals surface area contributed by atoms with Gasteiger partial charge in [-0.1, -0.05) is 25.1 Å². The number of nitrogens with zero attached hydrogens (tertiary/aromatic N) is 1. The van der Waals surface area contributed by atoms with E-state index in [2.05, 4.69) is 48.3 Å². The van der Waals surface area contributed by atoms with Crippen molar-refractivity contribution in [3.63, 3.8) is 0 Å². The lowest BCUT2D eigenvalue weighted by Crippen LogP contribution is -2.58. The molecule has 0 saturated carbocycles. The molecule has 0 radical (unpaired) electrons. The van der Waals surface area contributed by atoms with E-state index >= 15 is 0 Å². The summed E-state index contributed by atoms with van der Waals surface area (Å²) in [6.07, 6.45) is 2.33. The molecule has 0 spiro atoms. The van der Waals surface area contributed by atoms with Crippen LogP contribution >= 0.6 is 0 Å². The van der Waals surface area contributed by atoms with Gasteiger partial charge in [-0.25, -0.2) is 0 Å². The first-order chi connectivity index (χ1) is 9.70. The largest absolute Gasteiger partial charge is 0.493 e. The third kappa shape index (κ3) is 2.84. The average molecular weight is 274 g/mol. The second-order valence-corrected chi connectivity index (χ2v) is 6.45. The van der Waals surface area contributed by atoms with Crippen LogP contribution in [-0.4, -0.2) is 43.2 Å². The van der Waals surface area contributed by atoms with Gasteiger partial charge >= 0.3 is 0 Å². The van der Waals surface area contributed by atoms with Crippen molar-refractivity contribution in [3.05, 3.63) is 29.8 Å². The molecule has 0 bridgehead atoms. The molecule has 2 aliphatic rings. The van der Waals surface area contributed by atoms with Crippen molar-refractivity contribution < 1.29 is 4.74 Å². The summed E-state index contributed by atoms with van der Waals surface area (Å²) >= 11 is 0. The van der Waals surface area contributed by atoms with Gasteiger partial charge in [0.2, 0.25) is 0 Å². The molecule has 1 N–H and O–H groups in total. The first-order valence-corrected chi connectivity index (χ1v) is 7.89. The number of para-hydroxylation sites is 1. The van der Waals surface area contributed by atoms with Gasteiger partial charge in [-0.3, -0.25) is 4.90 Å². The summed E-state index contributed by atoms with van der Waals surface area (Å²) in [5.41, 5.74) is 1.68. The lowest BCUT2D eigenvalue weighted by molar-refractivity contribution is 0.124. The third-order valence-corrected chi connectivity index (χ3v) is 4.89. The molecule has 1 fully saturated rings. The summed E-state index contributed by atoms with van der Waals surface area (Å²) < 4.78 is 5.77. The van der Waals surface area contributed by atoms with Crippen LogP contribution in [0.2, 0.25) is 0 Å². The van der Waals surface area contributed by atoms with Crippen LogP contribution in [0.25, 0.3) is 0 Å². The van der Waals surface area contributed by atoms with Crippen LogP contribution in [0.3, 0.4) is 0 Å². The van der Waals surface area contributed by atoms with Crippen molar-refractivity contribution in [2.75, 3.05) is 32.8 Å². The van der Waals surface area contributed by atoms with Gasteiger partial charge in [-0.2, -0.15) is 0 Å². The number of benzene rings is 1. The van der Waals surface area contributed by atoms with E-state index < -0.39 is 0 Å². The summed E-state index contributed by atoms with van der Waals surface area (Å²) in [7, 11) is 0. The van der Waals surface area contributed by atoms with E-state index in [4.69, 9.17) is 4.74 Å². The number of hydrogen-bond donors (Lipinski definition) is 1. The molecule has 0 amide bonds. The van der Waals surface area contributed by atoms with Crippen molar-refractivity contribution in [3.8, 4) is 5.75 Å². The highest BCUT2D eigenvalue weighted by atomic mass is 16.5. The lowest BCUT2D eigenvalue weighted by Gasteiger charge is -2.42. The molecule has 2 heterocycles. The zero-order chi connectivity index (χ0) is 14.0. The van der Waals surface area contributed by atoms with Crippen LogP contribution in [0, 0.1) is 0 Å². The Morgan fingerprint density at radius 3 is 3.10 bits per heavy atom. The van der Waals surface area contributed by atoms with Gasteiger partial charge < -0.3 is 10.1 Å². The summed E-state index contributed by atoms with van der Waals surface area (Å²) in [5, 5.41) is 3.67. The second kappa shape index (κ2) is 5.74. The summed E-state index contributed by atoms with van der Waals surface area (Å²) in [4.78, 5) is 2.63. The van der Waals surface area contributed by atoms with Crippen LogP contribution in [-0.2, 0) is 0 Å². The highest BCUT2D eigenvalue weighted by Gasteiger charge is 2.31. The Kier molecular flexibility index (Phi) is 3.99. The Labute approximate surface area is 122 Å². The van der Waals surface area contributed by atoms with E-state index in [0.717, 1.165) is 45.0 Å². The van der Waals surface area contributed by atoms with E-state index in [-0.39, 0.29) is 5.54 Å². The smallest absolute Gasteiger partial charge is 0.122 e. The Bertz CT molecular complexity index is 462. The van der Waals surface area contributed by atoms with E-state index in [9.17, 15) is 0 Å². The highest BCUT2D eigenvalue weighted by molar-refractivity contribution is 5.38. The minimum atomic E-state index is 0.281. The minimum Gasteiger partial charge on any atom is -0.493 e. The molecule has 3 rings (SSSR count). The van der Waals surface area contributed by atoms with Gasteiger partial charge in [0.1, 0.15) is 5.75 Å². The number of nitrogens with one attached hydrogen (secondary N) is 1. The number of piperazine rings is 1. The van der Waals surface area contributed by atoms with Crippen molar-refractivity contribution in [1.82, 2.24) is 10.2 Å². The molecule has 2 aliphatic heterocycles. The van der Waals surface area contributed by atoms with Gasteiger partial charge in [-0.15, -0.1) is 0 Å². The molecule has 1 aromatic carbocycles. The Balaban J connectivity index is 1.70. The van der Waals surface area contributed by atoms with Crippen molar-refractivity contribution in [2.24, 2.45) is 0 Å². The monoisotopic (exact) mass is 274 g/mol. The fourth-order valence-electron chi connectivity index (χ4n) is 3.45. The van der Waals surface area contributed by atoms with Crippen LogP contribution in [0.1, 0.15) is 38.2 Å². The molecule has 2 atom stereocenters. The van der Waals surface area contributed by atoms with Crippen molar-refractivity contribution >= 4 is 0 Å². The van der Waals surface area contributed by atoms with Crippen LogP contribution in [0.5, 0.6) is 5.75 Å². The number of rotatable bonds is 3. The molecule has 1 aromatic rings. The van der Waals surface area contributed by atoms with Gasteiger partial charge in [0.15, 0.2) is 0 Å². The Hall–Kier alpha value is -1.06. The van der Waals surface area contributed by atoms with Gasteiger partial charge in [0.25, 0.3) is 0 Å². The maximum atomic E-state index is 5.77. The molecule has 0 aromatic heterocycles. The van der Waals surface area contributed by atoms with Crippen LogP contribution < -0.4 is 10.1 Å². The highest BCUT2D eigenvalue weighted by Crippen LogP contribution is 2.34. The van der Waals surface area contributed by atoms with Crippen molar-refractivity contribution in [1.29, 1.82) is 0 Å². The SMILES string of the molecule is CCC1(C)CN(CC2CCOc3ccccc32)CCN1. The van der Waals surface area contributed by atoms with E-state index in [1.54, 1.807) is 0 Å². The van der Waals surface area contributed by atoms with Crippen molar-refractivity contribution in [2.45, 2.75) is 38.1 Å². The predicted octanol–water partition coefficient (Wildman–Crippen LogP) is 2.63. The molecule has 0 aliphatic carbocycles. The summed E-state index contributed by atoms with van der Waals surface area (Å²) in [6.45, 7) is 10.1. The normalized spacial score (nSPS) is 30.6. The molecule has 20 heavy (non-hydrogen) atoms. The standard InChI is InChI=1S/C17H26N2O/c1-3-17(2)13-19(10-9-18-17)12-14-8-11-20-16-7-5-4-6-15(14)16/h4-7,14,18H,3,8-13H2,1-2H3. The molecule has 1 saturated heterocycles. The van der Waals surface area contributed by atoms with Gasteiger partial charge in [-0.05, 0) is 31.4 Å². The summed E-state index contributed by atoms with van der Waals surface area (Å²) in [6, 6.07) is 8.55. The van der Waals surface area contributed by atoms with E-state index in [1.165, 1.54) is 12.0 Å². The number of ether oxygens (including phenoxy) is 1. The zero-order valence-corrected chi connectivity index (χ0v) is 12.7. The summed E-state index contributed by atoms with van der Waals surface area (Å²) in [5.74, 6) is 1.72. The number of fused-ring (bicyclic) bond motifs is 1. The Morgan fingerprint density at radius 1 is 1.40 bits per heavy atom. The topological polar surface area (TPSA) is 24.5 Å². The van der Waals surface area contributed by atoms with Gasteiger partial charge in [0, 0.05) is 37.6 Å². The molecular weight excluding hydrogens is 248 g/mol. The predicted molar refractivity (Wildman–Crippen MR) is 82.4 cm³/mol. The van der Waals surface area contributed by atoms with Crippen LogP contribution in [0.15, 0.2) is 24.3 Å². The fraction of sp³-hybridized carbons (Fsp3) is 0.647. The first-order valence-electron chi connectivity index (χ1n) is 7.89. The Morgan fingerprint density at radius 2 is 2.25 bits per heavy atom. The zero-order valence-electron chi connectivity index (χ0n) is 12.7. The maximum Gasteiger partial charge on any atom is 0.122 e. The first kappa shape index (κ1) is 13.9. The lowest BCUT2D eigenvalue weighted by atomic mass is 9.90. The quantitative estimate of drug-likeness (QED) is 0.917. The molecular formula is C17H26N2O.